The molecule has 0 atom stereocenters. The molecule has 0 heterocycles. The van der Waals surface area contributed by atoms with Crippen molar-refractivity contribution in [3.8, 4) is 0 Å². The SMILES string of the molecule is CCC/C=[C]\c1ccc(CCCCCCCC)cc1. The van der Waals surface area contributed by atoms with Crippen LogP contribution in [0.4, 0.5) is 0 Å². The van der Waals surface area contributed by atoms with Crippen LogP contribution in [0.3, 0.4) is 0 Å². The number of aryl methyl sites for hydroxylation is 1. The number of rotatable bonds is 10. The standard InChI is InChI=1S/C19H29/c1-3-5-7-8-9-11-13-19-16-14-18(15-17-19)12-10-6-4-2/h10,14-17H,3-9,11,13H2,1-2H3. The lowest BCUT2D eigenvalue weighted by Gasteiger charge is -2.02. The van der Waals surface area contributed by atoms with Crippen LogP contribution >= 0.6 is 0 Å². The van der Waals surface area contributed by atoms with Crippen LogP contribution in [-0.2, 0) is 6.42 Å². The van der Waals surface area contributed by atoms with Crippen LogP contribution in [0.25, 0.3) is 0 Å². The zero-order valence-corrected chi connectivity index (χ0v) is 12.8. The van der Waals surface area contributed by atoms with Gasteiger partial charge in [0.2, 0.25) is 0 Å². The Bertz CT molecular complexity index is 332. The van der Waals surface area contributed by atoms with Gasteiger partial charge in [-0.25, -0.2) is 0 Å². The van der Waals surface area contributed by atoms with Gasteiger partial charge in [0.25, 0.3) is 0 Å². The van der Waals surface area contributed by atoms with E-state index in [1.165, 1.54) is 62.5 Å². The molecule has 105 valence electrons. The number of allylic oxidation sites excluding steroid dienone is 1. The molecule has 0 spiro atoms. The molecular weight excluding hydrogens is 228 g/mol. The van der Waals surface area contributed by atoms with Gasteiger partial charge < -0.3 is 0 Å². The van der Waals surface area contributed by atoms with Gasteiger partial charge >= 0.3 is 0 Å². The van der Waals surface area contributed by atoms with E-state index < -0.39 is 0 Å². The van der Waals surface area contributed by atoms with Crippen molar-refractivity contribution in [2.24, 2.45) is 0 Å². The first-order valence-corrected chi connectivity index (χ1v) is 8.04. The van der Waals surface area contributed by atoms with Crippen molar-refractivity contribution in [2.45, 2.75) is 71.6 Å². The largest absolute Gasteiger partial charge is 0.0761 e. The molecule has 0 aromatic heterocycles. The Kier molecular flexibility index (Phi) is 9.14. The molecule has 0 fully saturated rings. The van der Waals surface area contributed by atoms with E-state index >= 15 is 0 Å². The van der Waals surface area contributed by atoms with Crippen molar-refractivity contribution >= 4 is 0 Å². The molecule has 1 radical (unpaired) electrons. The summed E-state index contributed by atoms with van der Waals surface area (Å²) in [6.07, 6.45) is 17.3. The second-order valence-corrected chi connectivity index (χ2v) is 5.35. The van der Waals surface area contributed by atoms with Crippen LogP contribution in [-0.4, -0.2) is 0 Å². The lowest BCUT2D eigenvalue weighted by molar-refractivity contribution is 0.607. The van der Waals surface area contributed by atoms with Gasteiger partial charge in [0.05, 0.1) is 0 Å². The summed E-state index contributed by atoms with van der Waals surface area (Å²) in [5.41, 5.74) is 2.68. The molecule has 0 nitrogen and oxygen atoms in total. The van der Waals surface area contributed by atoms with Gasteiger partial charge in [-0.2, -0.15) is 0 Å². The van der Waals surface area contributed by atoms with Crippen molar-refractivity contribution in [2.75, 3.05) is 0 Å². The minimum atomic E-state index is 1.12. The van der Waals surface area contributed by atoms with E-state index in [0.29, 0.717) is 0 Å². The third-order valence-corrected chi connectivity index (χ3v) is 3.47. The van der Waals surface area contributed by atoms with Gasteiger partial charge in [0, 0.05) is 0 Å². The zero-order chi connectivity index (χ0) is 13.8. The first-order valence-electron chi connectivity index (χ1n) is 8.04. The van der Waals surface area contributed by atoms with E-state index in [1.54, 1.807) is 0 Å². The normalized spacial score (nSPS) is 11.3. The lowest BCUT2D eigenvalue weighted by atomic mass is 10.0. The van der Waals surface area contributed by atoms with Gasteiger partial charge in [-0.3, -0.25) is 0 Å². The van der Waals surface area contributed by atoms with Crippen LogP contribution in [0.2, 0.25) is 0 Å². The Morgan fingerprint density at radius 3 is 2.21 bits per heavy atom. The third-order valence-electron chi connectivity index (χ3n) is 3.47. The van der Waals surface area contributed by atoms with Crippen molar-refractivity contribution in [3.05, 3.63) is 47.5 Å². The van der Waals surface area contributed by atoms with E-state index in [9.17, 15) is 0 Å². The maximum absolute atomic E-state index is 3.34. The Morgan fingerprint density at radius 2 is 1.53 bits per heavy atom. The van der Waals surface area contributed by atoms with Gasteiger partial charge in [-0.05, 0) is 36.5 Å². The summed E-state index contributed by atoms with van der Waals surface area (Å²) in [5, 5.41) is 0. The highest BCUT2D eigenvalue weighted by molar-refractivity contribution is 5.27. The fourth-order valence-electron chi connectivity index (χ4n) is 2.21. The fourth-order valence-corrected chi connectivity index (χ4v) is 2.21. The molecule has 0 saturated heterocycles. The lowest BCUT2D eigenvalue weighted by Crippen LogP contribution is -1.87. The summed E-state index contributed by atoms with van der Waals surface area (Å²) in [5.74, 6) is 0. The van der Waals surface area contributed by atoms with E-state index in [0.717, 1.165) is 6.42 Å². The summed E-state index contributed by atoms with van der Waals surface area (Å²) in [7, 11) is 0. The summed E-state index contributed by atoms with van der Waals surface area (Å²) in [6.45, 7) is 4.47. The van der Waals surface area contributed by atoms with Gasteiger partial charge in [-0.1, -0.05) is 82.7 Å². The van der Waals surface area contributed by atoms with Crippen LogP contribution in [0, 0.1) is 6.08 Å². The molecule has 0 aliphatic carbocycles. The predicted octanol–water partition coefficient (Wildman–Crippen LogP) is 6.10. The number of hydrogen-bond acceptors (Lipinski definition) is 0. The topological polar surface area (TPSA) is 0 Å². The Morgan fingerprint density at radius 1 is 0.842 bits per heavy atom. The van der Waals surface area contributed by atoms with Crippen molar-refractivity contribution in [3.63, 3.8) is 0 Å². The molecule has 0 saturated carbocycles. The summed E-state index contributed by atoms with van der Waals surface area (Å²) in [6, 6.07) is 8.90. The molecule has 0 unspecified atom stereocenters. The summed E-state index contributed by atoms with van der Waals surface area (Å²) >= 11 is 0. The van der Waals surface area contributed by atoms with Crippen molar-refractivity contribution in [1.29, 1.82) is 0 Å². The monoisotopic (exact) mass is 257 g/mol. The highest BCUT2D eigenvalue weighted by Gasteiger charge is 1.94. The van der Waals surface area contributed by atoms with Crippen molar-refractivity contribution in [1.82, 2.24) is 0 Å². The average Bonchev–Trinajstić information content (AvgIpc) is 2.44. The van der Waals surface area contributed by atoms with E-state index in [1.807, 2.05) is 0 Å². The minimum Gasteiger partial charge on any atom is -0.0761 e. The number of benzene rings is 1. The molecule has 0 N–H and O–H groups in total. The second kappa shape index (κ2) is 10.8. The molecule has 0 aliphatic rings. The Labute approximate surface area is 119 Å². The minimum absolute atomic E-state index is 1.12. The molecule has 1 aromatic carbocycles. The smallest absolute Gasteiger partial charge is 0.0149 e. The van der Waals surface area contributed by atoms with Crippen LogP contribution in [0.15, 0.2) is 30.3 Å². The zero-order valence-electron chi connectivity index (χ0n) is 12.8. The van der Waals surface area contributed by atoms with Crippen molar-refractivity contribution < 1.29 is 0 Å². The molecule has 0 aliphatic heterocycles. The van der Waals surface area contributed by atoms with Crippen LogP contribution in [0.1, 0.15) is 76.3 Å². The number of unbranched alkanes of at least 4 members (excludes halogenated alkanes) is 6. The second-order valence-electron chi connectivity index (χ2n) is 5.35. The van der Waals surface area contributed by atoms with E-state index in [-0.39, 0.29) is 0 Å². The van der Waals surface area contributed by atoms with Gasteiger partial charge in [-0.15, -0.1) is 0 Å². The van der Waals surface area contributed by atoms with E-state index in [2.05, 4.69) is 50.3 Å². The number of hydrogen-bond donors (Lipinski definition) is 0. The maximum Gasteiger partial charge on any atom is -0.0149 e. The molecule has 19 heavy (non-hydrogen) atoms. The molecule has 1 aromatic rings. The van der Waals surface area contributed by atoms with Gasteiger partial charge in [0.1, 0.15) is 0 Å². The summed E-state index contributed by atoms with van der Waals surface area (Å²) in [4.78, 5) is 0. The molecule has 0 heteroatoms. The first kappa shape index (κ1) is 16.0. The Hall–Kier alpha value is -1.04. The quantitative estimate of drug-likeness (QED) is 0.444. The van der Waals surface area contributed by atoms with Crippen LogP contribution < -0.4 is 0 Å². The first-order chi connectivity index (χ1) is 9.36. The predicted molar refractivity (Wildman–Crippen MR) is 85.3 cm³/mol. The molecule has 0 amide bonds. The Balaban J connectivity index is 2.20. The molecular formula is C19H29. The van der Waals surface area contributed by atoms with E-state index in [4.69, 9.17) is 0 Å². The summed E-state index contributed by atoms with van der Waals surface area (Å²) < 4.78 is 0. The molecule has 1 rings (SSSR count). The van der Waals surface area contributed by atoms with Gasteiger partial charge in [0.15, 0.2) is 0 Å². The van der Waals surface area contributed by atoms with Crippen LogP contribution in [0.5, 0.6) is 0 Å². The molecule has 0 bridgehead atoms. The maximum atomic E-state index is 3.34. The third kappa shape index (κ3) is 7.87. The fraction of sp³-hybridized carbons (Fsp3) is 0.579. The average molecular weight is 257 g/mol. The highest BCUT2D eigenvalue weighted by atomic mass is 14.0. The highest BCUT2D eigenvalue weighted by Crippen LogP contribution is 2.11.